The van der Waals surface area contributed by atoms with Crippen LogP contribution in [0.15, 0.2) is 0 Å². The lowest BCUT2D eigenvalue weighted by Gasteiger charge is -2.03. The Hall–Kier alpha value is -1.03. The Morgan fingerprint density at radius 1 is 1.59 bits per heavy atom. The molecule has 94 valence electrons. The quantitative estimate of drug-likeness (QED) is 0.879. The number of carbonyl (C=O) groups excluding carboxylic acids is 1. The van der Waals surface area contributed by atoms with Gasteiger partial charge in [-0.25, -0.2) is 0 Å². The highest BCUT2D eigenvalue weighted by Crippen LogP contribution is 2.23. The minimum Gasteiger partial charge on any atom is -0.349 e. The van der Waals surface area contributed by atoms with E-state index in [4.69, 9.17) is 11.6 Å². The summed E-state index contributed by atoms with van der Waals surface area (Å²) in [5.74, 6) is -0.0854. The van der Waals surface area contributed by atoms with Crippen molar-refractivity contribution in [2.75, 3.05) is 0 Å². The van der Waals surface area contributed by atoms with Crippen LogP contribution in [0.25, 0.3) is 0 Å². The summed E-state index contributed by atoms with van der Waals surface area (Å²) in [6.07, 6.45) is 4.25. The number of carbonyl (C=O) groups is 1. The molecule has 1 aromatic heterocycles. The molecule has 5 heteroatoms. The molecule has 0 bridgehead atoms. The molecule has 0 saturated heterocycles. The third kappa shape index (κ3) is 2.80. The number of aryl methyl sites for hydroxylation is 2. The van der Waals surface area contributed by atoms with Crippen LogP contribution in [0.3, 0.4) is 0 Å². The molecule has 2 rings (SSSR count). The molecular weight excluding hydrogens is 238 g/mol. The summed E-state index contributed by atoms with van der Waals surface area (Å²) in [6, 6.07) is 0.344. The molecule has 4 nitrogen and oxygen atoms in total. The molecule has 0 aliphatic heterocycles. The van der Waals surface area contributed by atoms with Crippen molar-refractivity contribution in [1.82, 2.24) is 15.1 Å². The first-order valence-corrected chi connectivity index (χ1v) is 6.55. The van der Waals surface area contributed by atoms with Gasteiger partial charge in [-0.3, -0.25) is 9.48 Å². The molecule has 1 saturated carbocycles. The van der Waals surface area contributed by atoms with E-state index in [1.54, 1.807) is 4.68 Å². The predicted molar refractivity (Wildman–Crippen MR) is 67.4 cm³/mol. The van der Waals surface area contributed by atoms with E-state index in [9.17, 15) is 4.79 Å². The van der Waals surface area contributed by atoms with Gasteiger partial charge in [0.15, 0.2) is 0 Å². The Labute approximate surface area is 106 Å². The number of unbranched alkanes of at least 4 members (excludes halogenated alkanes) is 1. The van der Waals surface area contributed by atoms with Gasteiger partial charge in [0.1, 0.15) is 5.15 Å². The van der Waals surface area contributed by atoms with E-state index in [1.165, 1.54) is 0 Å². The number of hydrogen-bond acceptors (Lipinski definition) is 2. The molecule has 0 spiro atoms. The van der Waals surface area contributed by atoms with Gasteiger partial charge in [-0.1, -0.05) is 24.9 Å². The van der Waals surface area contributed by atoms with Crippen molar-refractivity contribution in [2.24, 2.45) is 0 Å². The Balaban J connectivity index is 2.14. The second-order valence-corrected chi connectivity index (χ2v) is 4.93. The fourth-order valence-electron chi connectivity index (χ4n) is 1.75. The van der Waals surface area contributed by atoms with Gasteiger partial charge in [-0.05, 0) is 26.2 Å². The van der Waals surface area contributed by atoms with Gasteiger partial charge in [0.05, 0.1) is 11.3 Å². The van der Waals surface area contributed by atoms with Gasteiger partial charge in [0.25, 0.3) is 5.91 Å². The van der Waals surface area contributed by atoms with Gasteiger partial charge < -0.3 is 5.32 Å². The topological polar surface area (TPSA) is 46.9 Å². The Morgan fingerprint density at radius 2 is 2.29 bits per heavy atom. The van der Waals surface area contributed by atoms with Crippen LogP contribution in [-0.2, 0) is 6.54 Å². The molecular formula is C12H18ClN3O. The number of hydrogen-bond donors (Lipinski definition) is 1. The van der Waals surface area contributed by atoms with E-state index in [-0.39, 0.29) is 5.91 Å². The van der Waals surface area contributed by atoms with E-state index in [1.807, 2.05) is 6.92 Å². The third-order valence-electron chi connectivity index (χ3n) is 2.93. The maximum Gasteiger partial charge on any atom is 0.256 e. The van der Waals surface area contributed by atoms with E-state index in [0.717, 1.165) is 32.2 Å². The standard InChI is InChI=1S/C12H18ClN3O/c1-3-4-7-16-11(13)10(8(2)15-16)12(17)14-9-5-6-9/h9H,3-7H2,1-2H3,(H,14,17). The lowest BCUT2D eigenvalue weighted by atomic mass is 10.2. The summed E-state index contributed by atoms with van der Waals surface area (Å²) in [6.45, 7) is 4.72. The molecule has 1 aliphatic rings. The molecule has 0 unspecified atom stereocenters. The molecule has 0 radical (unpaired) electrons. The fraction of sp³-hybridized carbons (Fsp3) is 0.667. The summed E-state index contributed by atoms with van der Waals surface area (Å²) in [5.41, 5.74) is 1.25. The fourth-order valence-corrected chi connectivity index (χ4v) is 2.10. The number of aromatic nitrogens is 2. The van der Waals surface area contributed by atoms with Gasteiger partial charge in [-0.2, -0.15) is 5.10 Å². The first kappa shape index (κ1) is 12.4. The largest absolute Gasteiger partial charge is 0.349 e. The van der Waals surface area contributed by atoms with E-state index < -0.39 is 0 Å². The van der Waals surface area contributed by atoms with Crippen molar-refractivity contribution >= 4 is 17.5 Å². The number of nitrogens with one attached hydrogen (secondary N) is 1. The van der Waals surface area contributed by atoms with Crippen molar-refractivity contribution in [3.05, 3.63) is 16.4 Å². The third-order valence-corrected chi connectivity index (χ3v) is 3.31. The van der Waals surface area contributed by atoms with Crippen LogP contribution < -0.4 is 5.32 Å². The lowest BCUT2D eigenvalue weighted by molar-refractivity contribution is 0.0950. The maximum absolute atomic E-state index is 12.0. The van der Waals surface area contributed by atoms with Gasteiger partial charge in [0, 0.05) is 12.6 Å². The normalized spacial score (nSPS) is 15.0. The highest BCUT2D eigenvalue weighted by Gasteiger charge is 2.27. The zero-order chi connectivity index (χ0) is 12.4. The number of rotatable bonds is 5. The average molecular weight is 256 g/mol. The van der Waals surface area contributed by atoms with E-state index >= 15 is 0 Å². The summed E-state index contributed by atoms with van der Waals surface area (Å²) < 4.78 is 1.72. The summed E-state index contributed by atoms with van der Waals surface area (Å²) in [5, 5.41) is 7.73. The SMILES string of the molecule is CCCCn1nc(C)c(C(=O)NC2CC2)c1Cl. The molecule has 1 heterocycles. The molecule has 1 aromatic rings. The van der Waals surface area contributed by atoms with Gasteiger partial charge >= 0.3 is 0 Å². The van der Waals surface area contributed by atoms with E-state index in [2.05, 4.69) is 17.3 Å². The van der Waals surface area contributed by atoms with Crippen molar-refractivity contribution in [3.8, 4) is 0 Å². The zero-order valence-corrected chi connectivity index (χ0v) is 11.0. The number of amides is 1. The van der Waals surface area contributed by atoms with Crippen molar-refractivity contribution in [2.45, 2.75) is 52.1 Å². The van der Waals surface area contributed by atoms with Gasteiger partial charge in [0.2, 0.25) is 0 Å². The molecule has 17 heavy (non-hydrogen) atoms. The molecule has 1 amide bonds. The minimum atomic E-state index is -0.0854. The lowest BCUT2D eigenvalue weighted by Crippen LogP contribution is -2.26. The van der Waals surface area contributed by atoms with Crippen LogP contribution in [-0.4, -0.2) is 21.7 Å². The first-order valence-electron chi connectivity index (χ1n) is 6.17. The van der Waals surface area contributed by atoms with Crippen molar-refractivity contribution in [1.29, 1.82) is 0 Å². The first-order chi connectivity index (χ1) is 8.13. The smallest absolute Gasteiger partial charge is 0.256 e. The highest BCUT2D eigenvalue weighted by molar-refractivity contribution is 6.33. The monoisotopic (exact) mass is 255 g/mol. The molecule has 1 aliphatic carbocycles. The Morgan fingerprint density at radius 3 is 2.88 bits per heavy atom. The zero-order valence-electron chi connectivity index (χ0n) is 10.3. The second kappa shape index (κ2) is 5.08. The molecule has 0 atom stereocenters. The Kier molecular flexibility index (Phi) is 3.72. The van der Waals surface area contributed by atoms with Crippen LogP contribution in [0.4, 0.5) is 0 Å². The van der Waals surface area contributed by atoms with Gasteiger partial charge in [-0.15, -0.1) is 0 Å². The van der Waals surface area contributed by atoms with Crippen molar-refractivity contribution < 1.29 is 4.79 Å². The molecule has 1 N–H and O–H groups in total. The van der Waals surface area contributed by atoms with Crippen LogP contribution >= 0.6 is 11.6 Å². The van der Waals surface area contributed by atoms with Crippen LogP contribution in [0.5, 0.6) is 0 Å². The van der Waals surface area contributed by atoms with E-state index in [0.29, 0.717) is 22.5 Å². The minimum absolute atomic E-state index is 0.0854. The predicted octanol–water partition coefficient (Wildman–Crippen LogP) is 2.54. The summed E-state index contributed by atoms with van der Waals surface area (Å²) >= 11 is 6.20. The maximum atomic E-state index is 12.0. The Bertz CT molecular complexity index is 424. The highest BCUT2D eigenvalue weighted by atomic mass is 35.5. The molecule has 1 fully saturated rings. The molecule has 0 aromatic carbocycles. The number of halogens is 1. The second-order valence-electron chi connectivity index (χ2n) is 4.58. The number of nitrogens with zero attached hydrogens (tertiary/aromatic N) is 2. The average Bonchev–Trinajstić information content (AvgIpc) is 3.03. The van der Waals surface area contributed by atoms with Crippen LogP contribution in [0.2, 0.25) is 5.15 Å². The van der Waals surface area contributed by atoms with Crippen LogP contribution in [0.1, 0.15) is 48.7 Å². The van der Waals surface area contributed by atoms with Crippen molar-refractivity contribution in [3.63, 3.8) is 0 Å². The summed E-state index contributed by atoms with van der Waals surface area (Å²) in [7, 11) is 0. The van der Waals surface area contributed by atoms with Crippen LogP contribution in [0, 0.1) is 6.92 Å². The summed E-state index contributed by atoms with van der Waals surface area (Å²) in [4.78, 5) is 12.0.